The molecule has 0 N–H and O–H groups in total. The fraction of sp³-hybridized carbons (Fsp3) is 0. The predicted octanol–water partition coefficient (Wildman–Crippen LogP) is 2.52. The van der Waals surface area contributed by atoms with Gasteiger partial charge in [-0.2, -0.15) is 0 Å². The summed E-state index contributed by atoms with van der Waals surface area (Å²) in [7, 11) is 0. The first-order valence-corrected chi connectivity index (χ1v) is 6.49. The van der Waals surface area contributed by atoms with E-state index in [1.165, 1.54) is 0 Å². The molecule has 8 heteroatoms. The van der Waals surface area contributed by atoms with E-state index < -0.39 is 54.4 Å². The molecule has 0 heterocycles. The smallest absolute Gasteiger partial charge is 0.206 e. The highest BCUT2D eigenvalue weighted by Crippen LogP contribution is 2.36. The highest BCUT2D eigenvalue weighted by atomic mass is 35.5. The molecule has 0 bridgehead atoms. The predicted molar refractivity (Wildman–Crippen MR) is 73.7 cm³/mol. The molecule has 0 aromatic rings. The quantitative estimate of drug-likeness (QED) is 0.681. The van der Waals surface area contributed by atoms with E-state index in [1.807, 2.05) is 0 Å². The summed E-state index contributed by atoms with van der Waals surface area (Å²) in [4.78, 5) is 47.1. The maximum Gasteiger partial charge on any atom is 0.206 e. The van der Waals surface area contributed by atoms with Gasteiger partial charge in [0.2, 0.25) is 11.6 Å². The Labute approximate surface area is 132 Å². The second-order valence-corrected chi connectivity index (χ2v) is 5.32. The van der Waals surface area contributed by atoms with Crippen LogP contribution >= 0.6 is 46.4 Å². The molecule has 102 valence electrons. The second-order valence-electron chi connectivity index (χ2n) is 3.75. The van der Waals surface area contributed by atoms with E-state index in [1.54, 1.807) is 0 Å². The van der Waals surface area contributed by atoms with Crippen LogP contribution in [0.4, 0.5) is 0 Å². The van der Waals surface area contributed by atoms with Crippen molar-refractivity contribution in [2.24, 2.45) is 0 Å². The average molecular weight is 352 g/mol. The lowest BCUT2D eigenvalue weighted by Crippen LogP contribution is -2.24. The molecule has 0 aromatic heterocycles. The average Bonchev–Trinajstić information content (AvgIpc) is 2.38. The Hall–Kier alpha value is -1.20. The Morgan fingerprint density at radius 3 is 1.20 bits per heavy atom. The van der Waals surface area contributed by atoms with E-state index in [2.05, 4.69) is 0 Å². The maximum absolute atomic E-state index is 12.0. The van der Waals surface area contributed by atoms with Gasteiger partial charge in [-0.05, 0) is 0 Å². The first-order chi connectivity index (χ1) is 9.25. The number of Topliss-reactive ketones (excluding diaryl/α,β-unsaturated/α-hetero) is 2. The second kappa shape index (κ2) is 5.30. The zero-order valence-corrected chi connectivity index (χ0v) is 12.3. The lowest BCUT2D eigenvalue weighted by atomic mass is 9.89. The third kappa shape index (κ3) is 2.29. The number of ketones is 4. The standard InChI is InChI=1S/C12H2Cl4O4/c13-3-1-5(17)9(15)7(11(3)19)8-10(16)6(18)2-4(14)12(8)20/h1-2H. The summed E-state index contributed by atoms with van der Waals surface area (Å²) >= 11 is 22.7. The first-order valence-electron chi connectivity index (χ1n) is 4.98. The number of carbonyl (C=O) groups excluding carboxylic acids is 4. The molecule has 0 fully saturated rings. The van der Waals surface area contributed by atoms with E-state index in [9.17, 15) is 19.2 Å². The molecule has 0 amide bonds. The van der Waals surface area contributed by atoms with E-state index in [0.29, 0.717) is 0 Å². The van der Waals surface area contributed by atoms with Crippen LogP contribution in [-0.2, 0) is 19.2 Å². The molecule has 0 aromatic carbocycles. The molecule has 2 aliphatic rings. The zero-order chi connectivity index (χ0) is 15.2. The number of allylic oxidation sites excluding steroid dienone is 8. The van der Waals surface area contributed by atoms with Gasteiger partial charge < -0.3 is 0 Å². The lowest BCUT2D eigenvalue weighted by molar-refractivity contribution is -0.116. The van der Waals surface area contributed by atoms with Crippen molar-refractivity contribution in [2.75, 3.05) is 0 Å². The van der Waals surface area contributed by atoms with Crippen LogP contribution in [0.15, 0.2) is 43.4 Å². The van der Waals surface area contributed by atoms with Crippen molar-refractivity contribution in [3.8, 4) is 0 Å². The number of rotatable bonds is 1. The Balaban J connectivity index is 2.72. The van der Waals surface area contributed by atoms with Crippen LogP contribution in [0.1, 0.15) is 0 Å². The zero-order valence-electron chi connectivity index (χ0n) is 9.30. The SMILES string of the molecule is O=C1C=C(Cl)C(=O)C(C2=C(Cl)C(=O)C=C(Cl)C2=O)=C1Cl. The Morgan fingerprint density at radius 1 is 0.600 bits per heavy atom. The van der Waals surface area contributed by atoms with Crippen LogP contribution in [0.5, 0.6) is 0 Å². The summed E-state index contributed by atoms with van der Waals surface area (Å²) in [6.07, 6.45) is 1.63. The molecule has 0 radical (unpaired) electrons. The van der Waals surface area contributed by atoms with Crippen molar-refractivity contribution in [1.82, 2.24) is 0 Å². The molecule has 0 atom stereocenters. The van der Waals surface area contributed by atoms with E-state index in [-0.39, 0.29) is 0 Å². The van der Waals surface area contributed by atoms with Crippen molar-refractivity contribution in [1.29, 1.82) is 0 Å². The van der Waals surface area contributed by atoms with Gasteiger partial charge in [-0.15, -0.1) is 0 Å². The van der Waals surface area contributed by atoms with Crippen LogP contribution in [-0.4, -0.2) is 23.1 Å². The molecular formula is C12H2Cl4O4. The van der Waals surface area contributed by atoms with E-state index >= 15 is 0 Å². The molecule has 2 aliphatic carbocycles. The van der Waals surface area contributed by atoms with Gasteiger partial charge >= 0.3 is 0 Å². The summed E-state index contributed by atoms with van der Waals surface area (Å²) in [5.74, 6) is -3.29. The third-order valence-corrected chi connectivity index (χ3v) is 3.84. The summed E-state index contributed by atoms with van der Waals surface area (Å²) in [5.41, 5.74) is -1.03. The largest absolute Gasteiger partial charge is 0.288 e. The van der Waals surface area contributed by atoms with Gasteiger partial charge in [0.15, 0.2) is 11.6 Å². The van der Waals surface area contributed by atoms with Crippen LogP contribution in [0, 0.1) is 0 Å². The first kappa shape index (κ1) is 15.2. The molecule has 0 saturated heterocycles. The molecule has 2 rings (SSSR count). The van der Waals surface area contributed by atoms with Gasteiger partial charge in [0.05, 0.1) is 31.3 Å². The number of hydrogen-bond donors (Lipinski definition) is 0. The molecule has 4 nitrogen and oxygen atoms in total. The molecule has 20 heavy (non-hydrogen) atoms. The van der Waals surface area contributed by atoms with Gasteiger partial charge in [-0.3, -0.25) is 19.2 Å². The van der Waals surface area contributed by atoms with Gasteiger partial charge in [0, 0.05) is 12.2 Å². The van der Waals surface area contributed by atoms with Gasteiger partial charge in [-0.25, -0.2) is 0 Å². The van der Waals surface area contributed by atoms with Gasteiger partial charge in [0.25, 0.3) is 0 Å². The van der Waals surface area contributed by atoms with E-state index in [0.717, 1.165) is 12.2 Å². The summed E-state index contributed by atoms with van der Waals surface area (Å²) < 4.78 is 0. The van der Waals surface area contributed by atoms with Gasteiger partial charge in [0.1, 0.15) is 0 Å². The Kier molecular flexibility index (Phi) is 4.02. The minimum absolute atomic E-state index is 0.433. The fourth-order valence-electron chi connectivity index (χ4n) is 1.62. The van der Waals surface area contributed by atoms with E-state index in [4.69, 9.17) is 46.4 Å². The molecule has 0 saturated carbocycles. The van der Waals surface area contributed by atoms with Crippen LogP contribution < -0.4 is 0 Å². The Bertz CT molecular complexity index is 660. The van der Waals surface area contributed by atoms with Crippen molar-refractivity contribution in [3.05, 3.63) is 43.4 Å². The van der Waals surface area contributed by atoms with Crippen molar-refractivity contribution in [3.63, 3.8) is 0 Å². The van der Waals surface area contributed by atoms with Crippen molar-refractivity contribution < 1.29 is 19.2 Å². The summed E-state index contributed by atoms with van der Waals surface area (Å²) in [6.45, 7) is 0. The lowest BCUT2D eigenvalue weighted by Gasteiger charge is -2.18. The fourth-order valence-corrected chi connectivity index (χ4v) is 2.48. The normalized spacial score (nSPS) is 20.6. The highest BCUT2D eigenvalue weighted by molar-refractivity contribution is 6.60. The molecular weight excluding hydrogens is 350 g/mol. The van der Waals surface area contributed by atoms with Gasteiger partial charge in [-0.1, -0.05) is 46.4 Å². The number of hydrogen-bond acceptors (Lipinski definition) is 4. The summed E-state index contributed by atoms with van der Waals surface area (Å²) in [6, 6.07) is 0. The molecule has 0 spiro atoms. The van der Waals surface area contributed by atoms with Crippen LogP contribution in [0.25, 0.3) is 0 Å². The van der Waals surface area contributed by atoms with Crippen LogP contribution in [0.3, 0.4) is 0 Å². The van der Waals surface area contributed by atoms with Crippen LogP contribution in [0.2, 0.25) is 0 Å². The monoisotopic (exact) mass is 350 g/mol. The molecule has 0 aliphatic heterocycles. The highest BCUT2D eigenvalue weighted by Gasteiger charge is 2.37. The number of carbonyl (C=O) groups is 4. The maximum atomic E-state index is 12.0. The minimum Gasteiger partial charge on any atom is -0.288 e. The molecule has 0 unspecified atom stereocenters. The third-order valence-electron chi connectivity index (χ3n) is 2.53. The van der Waals surface area contributed by atoms with Crippen molar-refractivity contribution >= 4 is 69.5 Å². The van der Waals surface area contributed by atoms with Crippen molar-refractivity contribution in [2.45, 2.75) is 0 Å². The topological polar surface area (TPSA) is 68.3 Å². The number of halogens is 4. The minimum atomic E-state index is -0.878. The Morgan fingerprint density at radius 2 is 0.900 bits per heavy atom. The summed E-state index contributed by atoms with van der Waals surface area (Å²) in [5, 5.41) is -1.95.